The first kappa shape index (κ1) is 16.0. The van der Waals surface area contributed by atoms with E-state index in [1.165, 1.54) is 18.2 Å². The van der Waals surface area contributed by atoms with Crippen LogP contribution in [-0.2, 0) is 9.59 Å². The predicted molar refractivity (Wildman–Crippen MR) is 74.5 cm³/mol. The Morgan fingerprint density at radius 1 is 1.09 bits per heavy atom. The molecule has 1 amide bonds. The first-order chi connectivity index (χ1) is 10.4. The van der Waals surface area contributed by atoms with Gasteiger partial charge >= 0.3 is 0 Å². The van der Waals surface area contributed by atoms with Crippen molar-refractivity contribution in [1.82, 2.24) is 0 Å². The molecule has 0 heterocycles. The summed E-state index contributed by atoms with van der Waals surface area (Å²) >= 11 is 0. The van der Waals surface area contributed by atoms with Crippen LogP contribution in [-0.4, -0.2) is 17.8 Å². The van der Waals surface area contributed by atoms with Crippen LogP contribution in [0.1, 0.15) is 48.9 Å². The van der Waals surface area contributed by atoms with Gasteiger partial charge in [0.1, 0.15) is 0 Å². The van der Waals surface area contributed by atoms with Crippen LogP contribution in [0.2, 0.25) is 0 Å². The van der Waals surface area contributed by atoms with E-state index in [1.54, 1.807) is 6.07 Å². The molecule has 1 aliphatic rings. The Kier molecular flexibility index (Phi) is 4.80. The quantitative estimate of drug-likeness (QED) is 0.800. The van der Waals surface area contributed by atoms with Gasteiger partial charge in [-0.05, 0) is 42.4 Å². The number of amides is 1. The maximum Gasteiger partial charge on any atom is 0.224 e. The molecule has 0 spiro atoms. The number of aromatic carboxylic acids is 1. The third-order valence-corrected chi connectivity index (χ3v) is 4.10. The minimum atomic E-state index is -1.32. The van der Waals surface area contributed by atoms with Gasteiger partial charge in [-0.3, -0.25) is 4.79 Å². The van der Waals surface area contributed by atoms with Crippen molar-refractivity contribution < 1.29 is 24.6 Å². The van der Waals surface area contributed by atoms with Crippen LogP contribution in [0.25, 0.3) is 0 Å². The first-order valence-corrected chi connectivity index (χ1v) is 7.21. The van der Waals surface area contributed by atoms with Gasteiger partial charge in [0, 0.05) is 18.1 Å². The standard InChI is InChI=1S/C16H19NO5/c18-13(9-16(10-14(19)20)6-1-2-7-16)17-12-5-3-4-11(8-12)15(21)22/h3-5,8H,1-2,6-7,9-10H2,(H,17,18)(H,19,20)(H,21,22)/p-2. The van der Waals surface area contributed by atoms with Gasteiger partial charge in [0.05, 0.1) is 5.97 Å². The number of hydrogen-bond donors (Lipinski definition) is 1. The van der Waals surface area contributed by atoms with E-state index < -0.39 is 17.4 Å². The van der Waals surface area contributed by atoms with E-state index in [1.807, 2.05) is 0 Å². The zero-order chi connectivity index (χ0) is 16.2. The lowest BCUT2D eigenvalue weighted by Gasteiger charge is -2.28. The number of benzene rings is 1. The summed E-state index contributed by atoms with van der Waals surface area (Å²) in [6.45, 7) is 0. The Balaban J connectivity index is 2.04. The largest absolute Gasteiger partial charge is 0.550 e. The highest BCUT2D eigenvalue weighted by Gasteiger charge is 2.36. The fourth-order valence-corrected chi connectivity index (χ4v) is 3.12. The van der Waals surface area contributed by atoms with Crippen LogP contribution >= 0.6 is 0 Å². The molecule has 0 aromatic heterocycles. The maximum atomic E-state index is 12.1. The average molecular weight is 303 g/mol. The van der Waals surface area contributed by atoms with Gasteiger partial charge in [-0.2, -0.15) is 0 Å². The van der Waals surface area contributed by atoms with Gasteiger partial charge in [-0.15, -0.1) is 0 Å². The molecule has 1 saturated carbocycles. The zero-order valence-electron chi connectivity index (χ0n) is 12.1. The van der Waals surface area contributed by atoms with Gasteiger partial charge in [0.15, 0.2) is 0 Å². The van der Waals surface area contributed by atoms with Crippen molar-refractivity contribution >= 4 is 23.5 Å². The highest BCUT2D eigenvalue weighted by atomic mass is 16.4. The van der Waals surface area contributed by atoms with Crippen LogP contribution in [0.15, 0.2) is 24.3 Å². The van der Waals surface area contributed by atoms with Crippen LogP contribution in [0.4, 0.5) is 5.69 Å². The second-order valence-electron chi connectivity index (χ2n) is 5.85. The molecule has 0 atom stereocenters. The van der Waals surface area contributed by atoms with Gasteiger partial charge in [0.25, 0.3) is 0 Å². The Labute approximate surface area is 128 Å². The normalized spacial score (nSPS) is 16.2. The van der Waals surface area contributed by atoms with E-state index in [0.29, 0.717) is 18.5 Å². The molecule has 1 N–H and O–H groups in total. The van der Waals surface area contributed by atoms with Gasteiger partial charge < -0.3 is 25.1 Å². The summed E-state index contributed by atoms with van der Waals surface area (Å²) in [5.41, 5.74) is -0.217. The van der Waals surface area contributed by atoms with Crippen LogP contribution in [0.5, 0.6) is 0 Å². The lowest BCUT2D eigenvalue weighted by Crippen LogP contribution is -2.33. The van der Waals surface area contributed by atoms with Crippen molar-refractivity contribution in [2.24, 2.45) is 5.41 Å². The molecule has 1 aromatic carbocycles. The number of carbonyl (C=O) groups is 3. The number of carboxylic acid groups (broad SMARTS) is 2. The summed E-state index contributed by atoms with van der Waals surface area (Å²) in [7, 11) is 0. The molecule has 1 aliphatic carbocycles. The van der Waals surface area contributed by atoms with Crippen LogP contribution in [0, 0.1) is 5.41 Å². The lowest BCUT2D eigenvalue weighted by molar-refractivity contribution is -0.308. The van der Waals surface area contributed by atoms with E-state index in [0.717, 1.165) is 12.8 Å². The molecule has 0 radical (unpaired) electrons. The topological polar surface area (TPSA) is 109 Å². The van der Waals surface area contributed by atoms with E-state index >= 15 is 0 Å². The first-order valence-electron chi connectivity index (χ1n) is 7.21. The summed E-state index contributed by atoms with van der Waals surface area (Å²) in [6.07, 6.45) is 3.15. The maximum absolute atomic E-state index is 12.1. The molecule has 0 saturated heterocycles. The van der Waals surface area contributed by atoms with E-state index in [9.17, 15) is 24.6 Å². The highest BCUT2D eigenvalue weighted by molar-refractivity contribution is 5.93. The Morgan fingerprint density at radius 3 is 2.36 bits per heavy atom. The van der Waals surface area contributed by atoms with E-state index in [-0.39, 0.29) is 24.3 Å². The number of nitrogens with one attached hydrogen (secondary N) is 1. The SMILES string of the molecule is O=C([O-])CC1(CC(=O)Nc2cccc(C(=O)[O-])c2)CCCC1. The molecule has 22 heavy (non-hydrogen) atoms. The fourth-order valence-electron chi connectivity index (χ4n) is 3.12. The minimum Gasteiger partial charge on any atom is -0.550 e. The zero-order valence-corrected chi connectivity index (χ0v) is 12.1. The van der Waals surface area contributed by atoms with Crippen molar-refractivity contribution in [2.75, 3.05) is 5.32 Å². The molecule has 0 unspecified atom stereocenters. The molecule has 6 heteroatoms. The molecule has 6 nitrogen and oxygen atoms in total. The minimum absolute atomic E-state index is 0.0249. The average Bonchev–Trinajstić information content (AvgIpc) is 2.85. The van der Waals surface area contributed by atoms with Crippen molar-refractivity contribution in [2.45, 2.75) is 38.5 Å². The number of hydrogen-bond acceptors (Lipinski definition) is 5. The number of aliphatic carboxylic acids is 1. The molecular weight excluding hydrogens is 286 g/mol. The Hall–Kier alpha value is -2.37. The third-order valence-electron chi connectivity index (χ3n) is 4.10. The van der Waals surface area contributed by atoms with Crippen molar-refractivity contribution in [1.29, 1.82) is 0 Å². The van der Waals surface area contributed by atoms with Crippen molar-refractivity contribution in [3.63, 3.8) is 0 Å². The summed E-state index contributed by atoms with van der Waals surface area (Å²) in [5.74, 6) is -2.78. The van der Waals surface area contributed by atoms with Gasteiger partial charge in [-0.25, -0.2) is 0 Å². The molecule has 0 bridgehead atoms. The molecule has 118 valence electrons. The molecular formula is C16H17NO5-2. The van der Waals surface area contributed by atoms with Crippen molar-refractivity contribution in [3.05, 3.63) is 29.8 Å². The van der Waals surface area contributed by atoms with Gasteiger partial charge in [-0.1, -0.05) is 25.0 Å². The molecule has 1 fully saturated rings. The Morgan fingerprint density at radius 2 is 1.77 bits per heavy atom. The molecule has 2 rings (SSSR count). The van der Waals surface area contributed by atoms with Crippen LogP contribution < -0.4 is 15.5 Å². The second-order valence-corrected chi connectivity index (χ2v) is 5.85. The van der Waals surface area contributed by atoms with Crippen molar-refractivity contribution in [3.8, 4) is 0 Å². The summed E-state index contributed by atoms with van der Waals surface area (Å²) < 4.78 is 0. The Bertz CT molecular complexity index is 590. The number of anilines is 1. The highest BCUT2D eigenvalue weighted by Crippen LogP contribution is 2.44. The smallest absolute Gasteiger partial charge is 0.224 e. The predicted octanol–water partition coefficient (Wildman–Crippen LogP) is 0.0791. The number of rotatable bonds is 6. The lowest BCUT2D eigenvalue weighted by atomic mass is 9.79. The number of carbonyl (C=O) groups excluding carboxylic acids is 3. The molecule has 0 aliphatic heterocycles. The molecule has 1 aromatic rings. The number of carboxylic acids is 2. The van der Waals surface area contributed by atoms with E-state index in [4.69, 9.17) is 0 Å². The fraction of sp³-hybridized carbons (Fsp3) is 0.438. The summed E-state index contributed by atoms with van der Waals surface area (Å²) in [4.78, 5) is 33.8. The van der Waals surface area contributed by atoms with E-state index in [2.05, 4.69) is 5.32 Å². The monoisotopic (exact) mass is 303 g/mol. The van der Waals surface area contributed by atoms with Crippen LogP contribution in [0.3, 0.4) is 0 Å². The summed E-state index contributed by atoms with van der Waals surface area (Å²) in [5, 5.41) is 24.3. The summed E-state index contributed by atoms with van der Waals surface area (Å²) in [6, 6.07) is 5.77. The van der Waals surface area contributed by atoms with Gasteiger partial charge in [0.2, 0.25) is 5.91 Å². The second kappa shape index (κ2) is 6.60. The third kappa shape index (κ3) is 4.07.